The highest BCUT2D eigenvalue weighted by Crippen LogP contribution is 2.25. The van der Waals surface area contributed by atoms with Gasteiger partial charge in [0.15, 0.2) is 6.29 Å². The first kappa shape index (κ1) is 14.5. The van der Waals surface area contributed by atoms with Crippen molar-refractivity contribution in [1.29, 1.82) is 0 Å². The Hall–Kier alpha value is -1.59. The van der Waals surface area contributed by atoms with E-state index in [9.17, 15) is 9.59 Å². The zero-order valence-electron chi connectivity index (χ0n) is 10.0. The van der Waals surface area contributed by atoms with E-state index < -0.39 is 12.3 Å². The molecule has 0 aliphatic carbocycles. The smallest absolute Gasteiger partial charge is 0.341 e. The van der Waals surface area contributed by atoms with Crippen molar-refractivity contribution in [3.05, 3.63) is 28.8 Å². The molecule has 1 aromatic rings. The van der Waals surface area contributed by atoms with Crippen molar-refractivity contribution in [2.24, 2.45) is 0 Å². The summed E-state index contributed by atoms with van der Waals surface area (Å²) >= 11 is 5.81. The Balaban J connectivity index is 3.01. The summed E-state index contributed by atoms with van der Waals surface area (Å²) in [4.78, 5) is 22.2. The first-order chi connectivity index (χ1) is 8.62. The second-order valence-corrected chi connectivity index (χ2v) is 3.65. The molecule has 98 valence electrons. The molecule has 1 atom stereocenters. The Labute approximate surface area is 110 Å². The van der Waals surface area contributed by atoms with Gasteiger partial charge in [0.2, 0.25) is 0 Å². The van der Waals surface area contributed by atoms with Crippen molar-refractivity contribution in [1.82, 2.24) is 0 Å². The van der Waals surface area contributed by atoms with Crippen LogP contribution in [0.1, 0.15) is 17.3 Å². The zero-order chi connectivity index (χ0) is 13.5. The molecule has 5 nitrogen and oxygen atoms in total. The van der Waals surface area contributed by atoms with Gasteiger partial charge in [0.25, 0.3) is 6.29 Å². The van der Waals surface area contributed by atoms with Gasteiger partial charge in [-0.1, -0.05) is 11.6 Å². The summed E-state index contributed by atoms with van der Waals surface area (Å²) in [6, 6.07) is 4.40. The van der Waals surface area contributed by atoms with E-state index in [4.69, 9.17) is 21.1 Å². The normalized spacial score (nSPS) is 11.7. The van der Waals surface area contributed by atoms with Gasteiger partial charge >= 0.3 is 5.97 Å². The summed E-state index contributed by atoms with van der Waals surface area (Å²) in [6.45, 7) is 2.02. The maximum Gasteiger partial charge on any atom is 0.341 e. The molecule has 18 heavy (non-hydrogen) atoms. The van der Waals surface area contributed by atoms with Crippen molar-refractivity contribution in [3.8, 4) is 5.75 Å². The fourth-order valence-electron chi connectivity index (χ4n) is 1.26. The lowest BCUT2D eigenvalue weighted by Crippen LogP contribution is -2.23. The van der Waals surface area contributed by atoms with Crippen molar-refractivity contribution >= 4 is 23.9 Å². The number of hydrogen-bond donors (Lipinski definition) is 0. The van der Waals surface area contributed by atoms with Gasteiger partial charge in [-0.3, -0.25) is 4.79 Å². The predicted molar refractivity (Wildman–Crippen MR) is 64.9 cm³/mol. The van der Waals surface area contributed by atoms with Crippen molar-refractivity contribution < 1.29 is 23.8 Å². The molecule has 0 N–H and O–H groups in total. The van der Waals surface area contributed by atoms with Crippen LogP contribution in [0.2, 0.25) is 5.02 Å². The van der Waals surface area contributed by atoms with Gasteiger partial charge in [-0.25, -0.2) is 4.79 Å². The average molecular weight is 273 g/mol. The summed E-state index contributed by atoms with van der Waals surface area (Å²) in [6.07, 6.45) is -0.595. The van der Waals surface area contributed by atoms with E-state index in [0.717, 1.165) is 0 Å². The minimum absolute atomic E-state index is 0.139. The van der Waals surface area contributed by atoms with Crippen LogP contribution < -0.4 is 4.74 Å². The van der Waals surface area contributed by atoms with E-state index in [-0.39, 0.29) is 11.3 Å². The van der Waals surface area contributed by atoms with E-state index in [1.54, 1.807) is 6.92 Å². The first-order valence-corrected chi connectivity index (χ1v) is 5.61. The van der Waals surface area contributed by atoms with Gasteiger partial charge in [-0.05, 0) is 25.1 Å². The summed E-state index contributed by atoms with van der Waals surface area (Å²) in [5.74, 6) is -0.442. The SMILES string of the molecule is CCOC(C=O)Oc1cc(Cl)ccc1C(=O)OC. The Kier molecular flexibility index (Phi) is 5.61. The van der Waals surface area contributed by atoms with Crippen molar-refractivity contribution in [2.45, 2.75) is 13.2 Å². The number of aldehydes is 1. The van der Waals surface area contributed by atoms with Crippen LogP contribution in [-0.4, -0.2) is 32.3 Å². The molecule has 6 heteroatoms. The summed E-state index contributed by atoms with van der Waals surface area (Å²) in [5.41, 5.74) is 0.174. The van der Waals surface area contributed by atoms with Crippen LogP contribution in [0.25, 0.3) is 0 Å². The highest BCUT2D eigenvalue weighted by molar-refractivity contribution is 6.30. The number of halogens is 1. The highest BCUT2D eigenvalue weighted by Gasteiger charge is 2.17. The predicted octanol–water partition coefficient (Wildman–Crippen LogP) is 2.07. The van der Waals surface area contributed by atoms with Gasteiger partial charge in [-0.15, -0.1) is 0 Å². The zero-order valence-corrected chi connectivity index (χ0v) is 10.8. The Morgan fingerprint density at radius 1 is 1.50 bits per heavy atom. The lowest BCUT2D eigenvalue weighted by molar-refractivity contribution is -0.136. The Morgan fingerprint density at radius 3 is 2.78 bits per heavy atom. The molecule has 0 heterocycles. The van der Waals surface area contributed by atoms with Gasteiger partial charge in [0.1, 0.15) is 11.3 Å². The fourth-order valence-corrected chi connectivity index (χ4v) is 1.42. The molecule has 0 aliphatic heterocycles. The third-order valence-corrected chi connectivity index (χ3v) is 2.27. The van der Waals surface area contributed by atoms with Crippen LogP contribution in [0.4, 0.5) is 0 Å². The first-order valence-electron chi connectivity index (χ1n) is 5.23. The lowest BCUT2D eigenvalue weighted by atomic mass is 10.2. The van der Waals surface area contributed by atoms with Crippen molar-refractivity contribution in [2.75, 3.05) is 13.7 Å². The molecule has 0 saturated heterocycles. The fraction of sp³-hybridized carbons (Fsp3) is 0.333. The monoisotopic (exact) mass is 272 g/mol. The molecule has 0 amide bonds. The molecule has 1 unspecified atom stereocenters. The number of benzene rings is 1. The Bertz CT molecular complexity index is 432. The molecule has 0 spiro atoms. The van der Waals surface area contributed by atoms with Crippen LogP contribution in [0.15, 0.2) is 18.2 Å². The van der Waals surface area contributed by atoms with Gasteiger partial charge in [0.05, 0.1) is 7.11 Å². The van der Waals surface area contributed by atoms with E-state index in [2.05, 4.69) is 4.74 Å². The molecule has 0 saturated carbocycles. The van der Waals surface area contributed by atoms with Gasteiger partial charge in [-0.2, -0.15) is 0 Å². The number of rotatable bonds is 6. The van der Waals surface area contributed by atoms with Gasteiger partial charge in [0, 0.05) is 11.6 Å². The second-order valence-electron chi connectivity index (χ2n) is 3.21. The number of esters is 1. The summed E-state index contributed by atoms with van der Waals surface area (Å²) < 4.78 is 14.9. The molecule has 0 aliphatic rings. The quantitative estimate of drug-likeness (QED) is 0.451. The average Bonchev–Trinajstić information content (AvgIpc) is 2.37. The molecule has 0 fully saturated rings. The largest absolute Gasteiger partial charge is 0.465 e. The van der Waals surface area contributed by atoms with Crippen LogP contribution in [-0.2, 0) is 14.3 Å². The number of hydrogen-bond acceptors (Lipinski definition) is 5. The molecule has 1 aromatic carbocycles. The minimum Gasteiger partial charge on any atom is -0.465 e. The van der Waals surface area contributed by atoms with Crippen LogP contribution in [0.5, 0.6) is 5.75 Å². The van der Waals surface area contributed by atoms with Crippen LogP contribution in [0, 0.1) is 0 Å². The van der Waals surface area contributed by atoms with Crippen molar-refractivity contribution in [3.63, 3.8) is 0 Å². The van der Waals surface area contributed by atoms with Crippen LogP contribution >= 0.6 is 11.6 Å². The third-order valence-electron chi connectivity index (χ3n) is 2.03. The van der Waals surface area contributed by atoms with E-state index in [0.29, 0.717) is 17.9 Å². The second kappa shape index (κ2) is 6.98. The lowest BCUT2D eigenvalue weighted by Gasteiger charge is -2.15. The number of carbonyl (C=O) groups excluding carboxylic acids is 2. The highest BCUT2D eigenvalue weighted by atomic mass is 35.5. The van der Waals surface area contributed by atoms with Gasteiger partial charge < -0.3 is 14.2 Å². The maximum atomic E-state index is 11.5. The third kappa shape index (κ3) is 3.72. The molecular weight excluding hydrogens is 260 g/mol. The molecular formula is C12H13ClO5. The topological polar surface area (TPSA) is 61.8 Å². The molecule has 1 rings (SSSR count). The summed E-state index contributed by atoms with van der Waals surface area (Å²) in [7, 11) is 1.25. The van der Waals surface area contributed by atoms with E-state index in [1.807, 2.05) is 0 Å². The van der Waals surface area contributed by atoms with E-state index in [1.165, 1.54) is 25.3 Å². The molecule has 0 aromatic heterocycles. The van der Waals surface area contributed by atoms with E-state index >= 15 is 0 Å². The number of ether oxygens (including phenoxy) is 3. The summed E-state index contributed by atoms with van der Waals surface area (Å²) in [5, 5.41) is 0.374. The standard InChI is InChI=1S/C12H13ClO5/c1-3-17-11(7-14)18-10-6-8(13)4-5-9(10)12(15)16-2/h4-7,11H,3H2,1-2H3. The Morgan fingerprint density at radius 2 is 2.22 bits per heavy atom. The molecule has 0 bridgehead atoms. The molecule has 0 radical (unpaired) electrons. The number of carbonyl (C=O) groups is 2. The van der Waals surface area contributed by atoms with Crippen LogP contribution in [0.3, 0.4) is 0 Å². The minimum atomic E-state index is -1.09. The maximum absolute atomic E-state index is 11.5. The number of methoxy groups -OCH3 is 1.